The van der Waals surface area contributed by atoms with Crippen LogP contribution in [0, 0.1) is 17.3 Å². The van der Waals surface area contributed by atoms with Crippen molar-refractivity contribution < 1.29 is 14.3 Å². The highest BCUT2D eigenvalue weighted by Crippen LogP contribution is 2.66. The maximum Gasteiger partial charge on any atom is 0.244 e. The first-order chi connectivity index (χ1) is 15.4. The van der Waals surface area contributed by atoms with Gasteiger partial charge in [0.05, 0.1) is 17.3 Å². The lowest BCUT2D eigenvalue weighted by molar-refractivity contribution is -0.123. The predicted molar refractivity (Wildman–Crippen MR) is 130 cm³/mol. The fourth-order valence-electron chi connectivity index (χ4n) is 4.89. The molecule has 3 atom stereocenters. The Hall–Kier alpha value is -2.05. The molecule has 0 saturated heterocycles. The Balaban J connectivity index is 1.41. The molecule has 32 heavy (non-hydrogen) atoms. The molecule has 2 aliphatic carbocycles. The van der Waals surface area contributed by atoms with E-state index in [0.29, 0.717) is 35.7 Å². The van der Waals surface area contributed by atoms with Crippen LogP contribution in [0.1, 0.15) is 50.7 Å². The molecule has 2 aromatic carbocycles. The minimum atomic E-state index is 0.0302. The van der Waals surface area contributed by atoms with Gasteiger partial charge in [-0.05, 0) is 82.4 Å². The second-order valence-corrected chi connectivity index (χ2v) is 10.0. The fourth-order valence-corrected chi connectivity index (χ4v) is 5.59. The standard InChI is InChI=1S/C25H28BrClN2O3/c1-3-31-21-13-17(12-20(26)23(21)32-15-16-7-9-18(27)10-8-16)14-28-29-24(30)22-19-6-4-5-11-25(19,22)2/h7-10,12-14,19,22H,3-6,11,15H2,1-2H3,(H,29,30)/b28-14-/t19-,22-,25+/m0/s1. The van der Waals surface area contributed by atoms with E-state index in [-0.39, 0.29) is 17.2 Å². The smallest absolute Gasteiger partial charge is 0.244 e. The van der Waals surface area contributed by atoms with Gasteiger partial charge in [0.15, 0.2) is 11.5 Å². The Labute approximate surface area is 202 Å². The molecule has 4 rings (SSSR count). The zero-order valence-corrected chi connectivity index (χ0v) is 20.7. The van der Waals surface area contributed by atoms with E-state index in [1.165, 1.54) is 12.8 Å². The summed E-state index contributed by atoms with van der Waals surface area (Å²) in [5, 5.41) is 4.90. The number of ether oxygens (including phenoxy) is 2. The van der Waals surface area contributed by atoms with E-state index >= 15 is 0 Å². The van der Waals surface area contributed by atoms with Gasteiger partial charge in [-0.2, -0.15) is 5.10 Å². The van der Waals surface area contributed by atoms with Gasteiger partial charge in [0.1, 0.15) is 6.61 Å². The van der Waals surface area contributed by atoms with Gasteiger partial charge in [-0.3, -0.25) is 4.79 Å². The van der Waals surface area contributed by atoms with Crippen LogP contribution in [0.25, 0.3) is 0 Å². The molecule has 0 bridgehead atoms. The molecule has 0 aromatic heterocycles. The molecular formula is C25H28BrClN2O3. The third-order valence-electron chi connectivity index (χ3n) is 6.63. The number of amides is 1. The predicted octanol–water partition coefficient (Wildman–Crippen LogP) is 6.36. The van der Waals surface area contributed by atoms with Crippen LogP contribution in [0.15, 0.2) is 46.0 Å². The fraction of sp³-hybridized carbons (Fsp3) is 0.440. The average Bonchev–Trinajstić information content (AvgIpc) is 3.40. The second kappa shape index (κ2) is 9.84. The SMILES string of the molecule is CCOc1cc(/C=N\NC(=O)[C@@H]2[C@@H]3CCCC[C@@]23C)cc(Br)c1OCc1ccc(Cl)cc1. The molecule has 1 amide bonds. The van der Waals surface area contributed by atoms with Gasteiger partial charge in [-0.15, -0.1) is 0 Å². The van der Waals surface area contributed by atoms with Crippen LogP contribution in [0.2, 0.25) is 5.02 Å². The lowest BCUT2D eigenvalue weighted by atomic mass is 9.90. The molecule has 2 fully saturated rings. The summed E-state index contributed by atoms with van der Waals surface area (Å²) >= 11 is 9.53. The minimum Gasteiger partial charge on any atom is -0.490 e. The van der Waals surface area contributed by atoms with Crippen molar-refractivity contribution in [1.82, 2.24) is 5.43 Å². The summed E-state index contributed by atoms with van der Waals surface area (Å²) in [6, 6.07) is 11.3. The van der Waals surface area contributed by atoms with Gasteiger partial charge < -0.3 is 9.47 Å². The van der Waals surface area contributed by atoms with Gasteiger partial charge in [0, 0.05) is 10.9 Å². The number of rotatable bonds is 8. The summed E-state index contributed by atoms with van der Waals surface area (Å²) in [5.74, 6) is 1.88. The molecule has 2 aliphatic rings. The molecule has 5 nitrogen and oxygen atoms in total. The van der Waals surface area contributed by atoms with Crippen LogP contribution >= 0.6 is 27.5 Å². The molecule has 170 valence electrons. The third kappa shape index (κ3) is 4.96. The summed E-state index contributed by atoms with van der Waals surface area (Å²) in [5.41, 5.74) is 4.73. The topological polar surface area (TPSA) is 59.9 Å². The lowest BCUT2D eigenvalue weighted by Crippen LogP contribution is -2.22. The van der Waals surface area contributed by atoms with Gasteiger partial charge in [-0.1, -0.05) is 43.5 Å². The third-order valence-corrected chi connectivity index (χ3v) is 7.47. The van der Waals surface area contributed by atoms with Gasteiger partial charge in [-0.25, -0.2) is 5.43 Å². The van der Waals surface area contributed by atoms with Gasteiger partial charge in [0.25, 0.3) is 0 Å². The van der Waals surface area contributed by atoms with E-state index in [1.54, 1.807) is 6.21 Å². The highest BCUT2D eigenvalue weighted by molar-refractivity contribution is 9.10. The van der Waals surface area contributed by atoms with E-state index in [4.69, 9.17) is 21.1 Å². The van der Waals surface area contributed by atoms with Crippen LogP contribution in [0.4, 0.5) is 0 Å². The molecule has 7 heteroatoms. The van der Waals surface area contributed by atoms with Crippen LogP contribution in [0.5, 0.6) is 11.5 Å². The van der Waals surface area contributed by atoms with E-state index in [9.17, 15) is 4.79 Å². The molecule has 0 heterocycles. The molecule has 2 saturated carbocycles. The number of fused-ring (bicyclic) bond motifs is 1. The number of hydrogen-bond donors (Lipinski definition) is 1. The number of halogens is 2. The highest BCUT2D eigenvalue weighted by Gasteiger charge is 2.64. The number of nitrogens with one attached hydrogen (secondary N) is 1. The maximum absolute atomic E-state index is 12.6. The van der Waals surface area contributed by atoms with Crippen molar-refractivity contribution in [3.63, 3.8) is 0 Å². The number of hydrazone groups is 1. The summed E-state index contributed by atoms with van der Waals surface area (Å²) in [6.07, 6.45) is 6.39. The summed E-state index contributed by atoms with van der Waals surface area (Å²) in [4.78, 5) is 12.6. The van der Waals surface area contributed by atoms with Gasteiger partial charge in [0.2, 0.25) is 5.91 Å². The first-order valence-corrected chi connectivity index (χ1v) is 12.3. The molecule has 0 unspecified atom stereocenters. The van der Waals surface area contributed by atoms with Crippen LogP contribution in [-0.4, -0.2) is 18.7 Å². The van der Waals surface area contributed by atoms with Crippen molar-refractivity contribution in [1.29, 1.82) is 0 Å². The number of carbonyl (C=O) groups excluding carboxylic acids is 1. The highest BCUT2D eigenvalue weighted by atomic mass is 79.9. The first-order valence-electron chi connectivity index (χ1n) is 11.1. The van der Waals surface area contributed by atoms with Crippen LogP contribution in [0.3, 0.4) is 0 Å². The van der Waals surface area contributed by atoms with E-state index in [2.05, 4.69) is 33.4 Å². The monoisotopic (exact) mass is 518 g/mol. The Morgan fingerprint density at radius 3 is 2.75 bits per heavy atom. The number of benzene rings is 2. The van der Waals surface area contributed by atoms with E-state index in [1.807, 2.05) is 43.3 Å². The van der Waals surface area contributed by atoms with Crippen molar-refractivity contribution in [3.8, 4) is 11.5 Å². The molecule has 0 aliphatic heterocycles. The van der Waals surface area contributed by atoms with E-state index in [0.717, 1.165) is 28.4 Å². The number of nitrogens with zero attached hydrogens (tertiary/aromatic N) is 1. The van der Waals surface area contributed by atoms with Gasteiger partial charge >= 0.3 is 0 Å². The molecule has 0 radical (unpaired) electrons. The summed E-state index contributed by atoms with van der Waals surface area (Å²) in [6.45, 7) is 5.05. The Kier molecular flexibility index (Phi) is 7.11. The molecule has 2 aromatic rings. The average molecular weight is 520 g/mol. The quantitative estimate of drug-likeness (QED) is 0.326. The number of carbonyl (C=O) groups is 1. The Bertz CT molecular complexity index is 1010. The Morgan fingerprint density at radius 2 is 2.06 bits per heavy atom. The van der Waals surface area contributed by atoms with Crippen molar-refractivity contribution in [2.24, 2.45) is 22.4 Å². The second-order valence-electron chi connectivity index (χ2n) is 8.75. The maximum atomic E-state index is 12.6. The normalized spacial score (nSPS) is 24.1. The van der Waals surface area contributed by atoms with Crippen LogP contribution in [-0.2, 0) is 11.4 Å². The Morgan fingerprint density at radius 1 is 1.28 bits per heavy atom. The molecule has 1 N–H and O–H groups in total. The van der Waals surface area contributed by atoms with E-state index < -0.39 is 0 Å². The summed E-state index contributed by atoms with van der Waals surface area (Å²) < 4.78 is 12.6. The summed E-state index contributed by atoms with van der Waals surface area (Å²) in [7, 11) is 0. The zero-order valence-electron chi connectivity index (χ0n) is 18.4. The number of hydrogen-bond acceptors (Lipinski definition) is 4. The first kappa shape index (κ1) is 23.1. The van der Waals surface area contributed by atoms with Crippen LogP contribution < -0.4 is 14.9 Å². The molecular weight excluding hydrogens is 492 g/mol. The van der Waals surface area contributed by atoms with Crippen molar-refractivity contribution in [2.75, 3.05) is 6.61 Å². The lowest BCUT2D eigenvalue weighted by Gasteiger charge is -2.15. The minimum absolute atomic E-state index is 0.0302. The largest absolute Gasteiger partial charge is 0.490 e. The molecule has 0 spiro atoms. The van der Waals surface area contributed by atoms with Crippen molar-refractivity contribution in [2.45, 2.75) is 46.1 Å². The van der Waals surface area contributed by atoms with Crippen molar-refractivity contribution >= 4 is 39.7 Å². The zero-order chi connectivity index (χ0) is 22.7. The van der Waals surface area contributed by atoms with Crippen molar-refractivity contribution in [3.05, 3.63) is 57.0 Å².